The molecule has 1 unspecified atom stereocenters. The zero-order valence-electron chi connectivity index (χ0n) is 11.6. The number of benzene rings is 1. The van der Waals surface area contributed by atoms with Gasteiger partial charge in [0.2, 0.25) is 10.0 Å². The molecule has 0 aromatic heterocycles. The Morgan fingerprint density at radius 3 is 2.65 bits per heavy atom. The zero-order chi connectivity index (χ0) is 15.2. The minimum Gasteiger partial charge on any atom is -0.492 e. The second-order valence-electron chi connectivity index (χ2n) is 4.35. The number of nitrogens with one attached hydrogen (secondary N) is 1. The van der Waals surface area contributed by atoms with E-state index in [0.717, 1.165) is 6.42 Å². The summed E-state index contributed by atoms with van der Waals surface area (Å²) in [4.78, 5) is 0.124. The van der Waals surface area contributed by atoms with Crippen LogP contribution in [0.5, 0.6) is 5.75 Å². The average Bonchev–Trinajstić information content (AvgIpc) is 2.43. The van der Waals surface area contributed by atoms with E-state index < -0.39 is 16.1 Å². The lowest BCUT2D eigenvalue weighted by Gasteiger charge is -2.15. The normalized spacial score (nSPS) is 13.2. The van der Waals surface area contributed by atoms with Gasteiger partial charge in [-0.2, -0.15) is 0 Å². The molecule has 0 spiro atoms. The molecule has 0 aliphatic rings. The highest BCUT2D eigenvalue weighted by Crippen LogP contribution is 2.28. The summed E-state index contributed by atoms with van der Waals surface area (Å²) < 4.78 is 33.1. The molecule has 0 radical (unpaired) electrons. The number of ether oxygens (including phenoxy) is 1. The fraction of sp³-hybridized carbons (Fsp3) is 0.538. The van der Waals surface area contributed by atoms with Gasteiger partial charge in [0.05, 0.1) is 22.6 Å². The summed E-state index contributed by atoms with van der Waals surface area (Å²) in [6.45, 7) is 4.07. The summed E-state index contributed by atoms with van der Waals surface area (Å²) in [5.41, 5.74) is 0. The molecule has 1 aromatic rings. The molecule has 0 fully saturated rings. The number of aliphatic hydroxyl groups is 1. The first kappa shape index (κ1) is 17.4. The van der Waals surface area contributed by atoms with Crippen LogP contribution in [0.4, 0.5) is 0 Å². The van der Waals surface area contributed by atoms with Gasteiger partial charge in [-0.25, -0.2) is 13.1 Å². The molecule has 0 saturated heterocycles. The Morgan fingerprint density at radius 1 is 1.40 bits per heavy atom. The SMILES string of the molecule is CCCOc1cc(S(=O)(=O)NC(CC)CO)ccc1Br. The van der Waals surface area contributed by atoms with Crippen molar-refractivity contribution in [2.45, 2.75) is 37.6 Å². The molecule has 114 valence electrons. The number of hydrogen-bond acceptors (Lipinski definition) is 4. The van der Waals surface area contributed by atoms with Crippen LogP contribution < -0.4 is 9.46 Å². The average molecular weight is 366 g/mol. The molecule has 0 saturated carbocycles. The smallest absolute Gasteiger partial charge is 0.241 e. The predicted octanol–water partition coefficient (Wildman–Crippen LogP) is 2.29. The zero-order valence-corrected chi connectivity index (χ0v) is 14.0. The Labute approximate surface area is 128 Å². The summed E-state index contributed by atoms with van der Waals surface area (Å²) in [6, 6.07) is 4.13. The Balaban J connectivity index is 3.00. The van der Waals surface area contributed by atoms with E-state index in [-0.39, 0.29) is 11.5 Å². The Hall–Kier alpha value is -0.630. The first-order valence-electron chi connectivity index (χ1n) is 6.50. The highest BCUT2D eigenvalue weighted by atomic mass is 79.9. The van der Waals surface area contributed by atoms with Crippen LogP contribution in [0.2, 0.25) is 0 Å². The van der Waals surface area contributed by atoms with Crippen LogP contribution in [0.3, 0.4) is 0 Å². The molecule has 0 bridgehead atoms. The molecule has 2 N–H and O–H groups in total. The van der Waals surface area contributed by atoms with E-state index in [1.165, 1.54) is 12.1 Å². The maximum Gasteiger partial charge on any atom is 0.241 e. The van der Waals surface area contributed by atoms with Gasteiger partial charge < -0.3 is 9.84 Å². The van der Waals surface area contributed by atoms with E-state index >= 15 is 0 Å². The minimum atomic E-state index is -3.66. The lowest BCUT2D eigenvalue weighted by atomic mass is 10.3. The largest absolute Gasteiger partial charge is 0.492 e. The van der Waals surface area contributed by atoms with Crippen LogP contribution in [0.1, 0.15) is 26.7 Å². The fourth-order valence-corrected chi connectivity index (χ4v) is 3.20. The van der Waals surface area contributed by atoms with Crippen LogP contribution in [0, 0.1) is 0 Å². The van der Waals surface area contributed by atoms with Crippen LogP contribution in [-0.4, -0.2) is 32.8 Å². The molecule has 0 aliphatic heterocycles. The van der Waals surface area contributed by atoms with Crippen molar-refractivity contribution >= 4 is 26.0 Å². The van der Waals surface area contributed by atoms with E-state index in [4.69, 9.17) is 9.84 Å². The van der Waals surface area contributed by atoms with E-state index in [1.54, 1.807) is 13.0 Å². The van der Waals surface area contributed by atoms with Crippen molar-refractivity contribution in [2.75, 3.05) is 13.2 Å². The van der Waals surface area contributed by atoms with Crippen LogP contribution >= 0.6 is 15.9 Å². The summed E-state index contributed by atoms with van der Waals surface area (Å²) in [5.74, 6) is 0.492. The molecule has 0 aliphatic carbocycles. The molecule has 20 heavy (non-hydrogen) atoms. The molecule has 7 heteroatoms. The van der Waals surface area contributed by atoms with Crippen molar-refractivity contribution < 1.29 is 18.3 Å². The summed E-state index contributed by atoms with van der Waals surface area (Å²) in [6.07, 6.45) is 1.36. The topological polar surface area (TPSA) is 75.6 Å². The lowest BCUT2D eigenvalue weighted by Crippen LogP contribution is -2.36. The molecule has 0 amide bonds. The number of hydrogen-bond donors (Lipinski definition) is 2. The third kappa shape index (κ3) is 4.73. The van der Waals surface area contributed by atoms with Crippen molar-refractivity contribution in [3.8, 4) is 5.75 Å². The van der Waals surface area contributed by atoms with Gasteiger partial charge in [0.25, 0.3) is 0 Å². The fourth-order valence-electron chi connectivity index (χ4n) is 1.51. The van der Waals surface area contributed by atoms with Gasteiger partial charge in [0.1, 0.15) is 5.75 Å². The van der Waals surface area contributed by atoms with Crippen molar-refractivity contribution in [3.05, 3.63) is 22.7 Å². The van der Waals surface area contributed by atoms with E-state index in [9.17, 15) is 8.42 Å². The summed E-state index contributed by atoms with van der Waals surface area (Å²) in [7, 11) is -3.66. The number of sulfonamides is 1. The quantitative estimate of drug-likeness (QED) is 0.740. The first-order chi connectivity index (χ1) is 9.44. The third-order valence-electron chi connectivity index (χ3n) is 2.71. The molecule has 1 rings (SSSR count). The number of aliphatic hydroxyl groups excluding tert-OH is 1. The van der Waals surface area contributed by atoms with Crippen molar-refractivity contribution in [3.63, 3.8) is 0 Å². The van der Waals surface area contributed by atoms with Crippen LogP contribution in [-0.2, 0) is 10.0 Å². The Bertz CT molecular complexity index is 529. The highest BCUT2D eigenvalue weighted by Gasteiger charge is 2.19. The minimum absolute atomic E-state index is 0.124. The van der Waals surface area contributed by atoms with Gasteiger partial charge in [-0.3, -0.25) is 0 Å². The van der Waals surface area contributed by atoms with Crippen molar-refractivity contribution in [2.24, 2.45) is 0 Å². The van der Waals surface area contributed by atoms with Gasteiger partial charge in [0.15, 0.2) is 0 Å². The van der Waals surface area contributed by atoms with E-state index in [2.05, 4.69) is 20.7 Å². The van der Waals surface area contributed by atoms with Crippen molar-refractivity contribution in [1.82, 2.24) is 4.72 Å². The standard InChI is InChI=1S/C13H20BrNO4S/c1-3-7-19-13-8-11(5-6-12(13)14)20(17,18)15-10(4-2)9-16/h5-6,8,10,15-16H,3-4,7,9H2,1-2H3. The third-order valence-corrected chi connectivity index (χ3v) is 4.88. The molecular formula is C13H20BrNO4S. The lowest BCUT2D eigenvalue weighted by molar-refractivity contribution is 0.254. The monoisotopic (exact) mass is 365 g/mol. The highest BCUT2D eigenvalue weighted by molar-refractivity contribution is 9.10. The molecule has 1 aromatic carbocycles. The van der Waals surface area contributed by atoms with E-state index in [1.807, 2.05) is 6.92 Å². The number of halogens is 1. The van der Waals surface area contributed by atoms with Crippen LogP contribution in [0.25, 0.3) is 0 Å². The van der Waals surface area contributed by atoms with Gasteiger partial charge in [0, 0.05) is 12.1 Å². The second-order valence-corrected chi connectivity index (χ2v) is 6.92. The van der Waals surface area contributed by atoms with Gasteiger partial charge in [-0.15, -0.1) is 0 Å². The Morgan fingerprint density at radius 2 is 2.10 bits per heavy atom. The summed E-state index contributed by atoms with van der Waals surface area (Å²) >= 11 is 3.33. The number of rotatable bonds is 8. The Kier molecular flexibility index (Phi) is 6.94. The molecule has 5 nitrogen and oxygen atoms in total. The first-order valence-corrected chi connectivity index (χ1v) is 8.77. The van der Waals surface area contributed by atoms with Crippen molar-refractivity contribution in [1.29, 1.82) is 0 Å². The maximum absolute atomic E-state index is 12.2. The second kappa shape index (κ2) is 7.97. The van der Waals surface area contributed by atoms with Crippen LogP contribution in [0.15, 0.2) is 27.6 Å². The molecule has 0 heterocycles. The molecular weight excluding hydrogens is 346 g/mol. The maximum atomic E-state index is 12.2. The van der Waals surface area contributed by atoms with Gasteiger partial charge in [-0.05, 0) is 40.9 Å². The summed E-state index contributed by atoms with van der Waals surface area (Å²) in [5, 5.41) is 9.09. The van der Waals surface area contributed by atoms with Gasteiger partial charge in [-0.1, -0.05) is 13.8 Å². The predicted molar refractivity (Wildman–Crippen MR) is 81.4 cm³/mol. The van der Waals surface area contributed by atoms with E-state index in [0.29, 0.717) is 23.2 Å². The van der Waals surface area contributed by atoms with Gasteiger partial charge >= 0.3 is 0 Å². The molecule has 1 atom stereocenters.